The summed E-state index contributed by atoms with van der Waals surface area (Å²) in [6.07, 6.45) is 1.53. The van der Waals surface area contributed by atoms with E-state index in [-0.39, 0.29) is 9.85 Å². The van der Waals surface area contributed by atoms with E-state index in [1.165, 1.54) is 6.20 Å². The van der Waals surface area contributed by atoms with Gasteiger partial charge in [0.25, 0.3) is 0 Å². The molecule has 0 aliphatic heterocycles. The molecule has 52 valence electrons. The van der Waals surface area contributed by atoms with Crippen LogP contribution in [0.25, 0.3) is 0 Å². The molecular formula is C6H3BrClNO. The monoisotopic (exact) mass is 219 g/mol. The maximum Gasteiger partial charge on any atom is 0.231 e. The molecule has 0 spiro atoms. The Morgan fingerprint density at radius 3 is 2.80 bits per heavy atom. The third kappa shape index (κ3) is 1.55. The van der Waals surface area contributed by atoms with E-state index >= 15 is 0 Å². The van der Waals surface area contributed by atoms with Crippen LogP contribution >= 0.6 is 27.5 Å². The number of rotatable bonds is 1. The van der Waals surface area contributed by atoms with Gasteiger partial charge in [-0.1, -0.05) is 11.6 Å². The molecule has 2 nitrogen and oxygen atoms in total. The summed E-state index contributed by atoms with van der Waals surface area (Å²) < 4.78 is -0.245. The van der Waals surface area contributed by atoms with Gasteiger partial charge in [0.15, 0.2) is 0 Å². The fourth-order valence-corrected chi connectivity index (χ4v) is 1.17. The molecule has 0 aromatic carbocycles. The van der Waals surface area contributed by atoms with Gasteiger partial charge in [-0.2, -0.15) is 0 Å². The molecule has 0 aliphatic rings. The fraction of sp³-hybridized carbons (Fsp3) is 0. The molecule has 0 atom stereocenters. The van der Waals surface area contributed by atoms with Gasteiger partial charge in [0.2, 0.25) is 4.69 Å². The Morgan fingerprint density at radius 1 is 1.70 bits per heavy atom. The van der Waals surface area contributed by atoms with Crippen LogP contribution in [-0.2, 0) is 0 Å². The van der Waals surface area contributed by atoms with Gasteiger partial charge in [0.05, 0.1) is 5.56 Å². The Hall–Kier alpha value is -0.410. The molecule has 1 aromatic rings. The lowest BCUT2D eigenvalue weighted by atomic mass is 10.3. The third-order valence-corrected chi connectivity index (χ3v) is 1.70. The summed E-state index contributed by atoms with van der Waals surface area (Å²) in [6.45, 7) is 0. The predicted octanol–water partition coefficient (Wildman–Crippen LogP) is 2.27. The summed E-state index contributed by atoms with van der Waals surface area (Å²) in [7, 11) is 0. The molecule has 0 radical (unpaired) electrons. The molecule has 0 saturated carbocycles. The molecule has 0 unspecified atom stereocenters. The molecule has 0 saturated heterocycles. The van der Waals surface area contributed by atoms with Gasteiger partial charge in [-0.3, -0.25) is 4.79 Å². The predicted molar refractivity (Wildman–Crippen MR) is 42.5 cm³/mol. The first kappa shape index (κ1) is 7.69. The minimum absolute atomic E-state index is 0.226. The molecule has 0 N–H and O–H groups in total. The molecule has 1 rings (SSSR count). The minimum Gasteiger partial charge on any atom is -0.281 e. The molecular weight excluding hydrogens is 217 g/mol. The number of hydrogen-bond acceptors (Lipinski definition) is 2. The second-order valence-electron chi connectivity index (χ2n) is 1.62. The van der Waals surface area contributed by atoms with Crippen LogP contribution in [0.2, 0.25) is 5.15 Å². The maximum atomic E-state index is 10.7. The smallest absolute Gasteiger partial charge is 0.231 e. The van der Waals surface area contributed by atoms with Gasteiger partial charge in [-0.25, -0.2) is 4.98 Å². The highest BCUT2D eigenvalue weighted by Gasteiger charge is 2.04. The number of carbonyl (C=O) groups is 1. The van der Waals surface area contributed by atoms with Crippen molar-refractivity contribution >= 4 is 32.2 Å². The lowest BCUT2D eigenvalue weighted by molar-refractivity contribution is 0.109. The van der Waals surface area contributed by atoms with E-state index in [1.54, 1.807) is 12.1 Å². The van der Waals surface area contributed by atoms with E-state index in [0.29, 0.717) is 5.56 Å². The SMILES string of the molecule is O=C(Br)c1cccnc1Cl. The van der Waals surface area contributed by atoms with Crippen molar-refractivity contribution in [3.63, 3.8) is 0 Å². The molecule has 0 aliphatic carbocycles. The number of halogens is 2. The zero-order valence-electron chi connectivity index (χ0n) is 4.84. The first-order chi connectivity index (χ1) is 4.72. The molecule has 10 heavy (non-hydrogen) atoms. The zero-order valence-corrected chi connectivity index (χ0v) is 7.19. The largest absolute Gasteiger partial charge is 0.281 e. The molecule has 1 heterocycles. The van der Waals surface area contributed by atoms with E-state index in [9.17, 15) is 4.79 Å². The van der Waals surface area contributed by atoms with Crippen molar-refractivity contribution in [2.75, 3.05) is 0 Å². The quantitative estimate of drug-likeness (QED) is 0.537. The Bertz CT molecular complexity index is 264. The van der Waals surface area contributed by atoms with Gasteiger partial charge >= 0.3 is 0 Å². The van der Waals surface area contributed by atoms with Crippen molar-refractivity contribution in [3.05, 3.63) is 29.0 Å². The van der Waals surface area contributed by atoms with Crippen molar-refractivity contribution in [2.24, 2.45) is 0 Å². The van der Waals surface area contributed by atoms with Crippen LogP contribution < -0.4 is 0 Å². The van der Waals surface area contributed by atoms with Crippen molar-refractivity contribution in [1.29, 1.82) is 0 Å². The normalized spacial score (nSPS) is 9.40. The number of pyridine rings is 1. The van der Waals surface area contributed by atoms with Crippen molar-refractivity contribution < 1.29 is 4.79 Å². The Kier molecular flexibility index (Phi) is 2.40. The Morgan fingerprint density at radius 2 is 2.40 bits per heavy atom. The first-order valence-electron chi connectivity index (χ1n) is 2.52. The van der Waals surface area contributed by atoms with Gasteiger partial charge in [-0.15, -0.1) is 0 Å². The van der Waals surface area contributed by atoms with Crippen molar-refractivity contribution in [1.82, 2.24) is 4.98 Å². The van der Waals surface area contributed by atoms with Crippen molar-refractivity contribution in [3.8, 4) is 0 Å². The van der Waals surface area contributed by atoms with Gasteiger partial charge in [0.1, 0.15) is 5.15 Å². The number of carbonyl (C=O) groups excluding carboxylic acids is 1. The Balaban J connectivity index is 3.15. The molecule has 0 amide bonds. The molecule has 4 heteroatoms. The van der Waals surface area contributed by atoms with Crippen LogP contribution in [0.15, 0.2) is 18.3 Å². The second kappa shape index (κ2) is 3.12. The van der Waals surface area contributed by atoms with E-state index in [4.69, 9.17) is 11.6 Å². The van der Waals surface area contributed by atoms with E-state index in [2.05, 4.69) is 20.9 Å². The molecule has 0 bridgehead atoms. The van der Waals surface area contributed by atoms with Crippen LogP contribution in [0.3, 0.4) is 0 Å². The maximum absolute atomic E-state index is 10.7. The van der Waals surface area contributed by atoms with Gasteiger partial charge in [-0.05, 0) is 28.1 Å². The lowest BCUT2D eigenvalue weighted by Gasteiger charge is -1.93. The topological polar surface area (TPSA) is 30.0 Å². The van der Waals surface area contributed by atoms with E-state index < -0.39 is 0 Å². The highest BCUT2D eigenvalue weighted by Crippen LogP contribution is 2.14. The summed E-state index contributed by atoms with van der Waals surface area (Å²) in [5, 5.41) is 0.226. The van der Waals surface area contributed by atoms with Crippen LogP contribution in [0.4, 0.5) is 0 Å². The fourth-order valence-electron chi connectivity index (χ4n) is 0.533. The highest BCUT2D eigenvalue weighted by atomic mass is 79.9. The summed E-state index contributed by atoms with van der Waals surface area (Å²) in [5.74, 6) is 0. The summed E-state index contributed by atoms with van der Waals surface area (Å²) in [5.41, 5.74) is 0.393. The number of hydrogen-bond donors (Lipinski definition) is 0. The van der Waals surface area contributed by atoms with E-state index in [0.717, 1.165) is 0 Å². The minimum atomic E-state index is -0.245. The average Bonchev–Trinajstić information content (AvgIpc) is 1.88. The summed E-state index contributed by atoms with van der Waals surface area (Å²) in [6, 6.07) is 3.26. The summed E-state index contributed by atoms with van der Waals surface area (Å²) in [4.78, 5) is 14.4. The van der Waals surface area contributed by atoms with Crippen LogP contribution in [0.5, 0.6) is 0 Å². The first-order valence-corrected chi connectivity index (χ1v) is 3.69. The summed E-state index contributed by atoms with van der Waals surface area (Å²) >= 11 is 8.33. The Labute approximate surface area is 71.3 Å². The van der Waals surface area contributed by atoms with Crippen LogP contribution in [-0.4, -0.2) is 9.68 Å². The van der Waals surface area contributed by atoms with Crippen LogP contribution in [0.1, 0.15) is 10.4 Å². The second-order valence-corrected chi connectivity index (χ2v) is 2.69. The standard InChI is InChI=1S/C6H3BrClNO/c7-5(10)4-2-1-3-9-6(4)8/h1-3H. The average molecular weight is 220 g/mol. The number of aromatic nitrogens is 1. The third-order valence-electron chi connectivity index (χ3n) is 0.971. The lowest BCUT2D eigenvalue weighted by Crippen LogP contribution is -1.90. The highest BCUT2D eigenvalue weighted by molar-refractivity contribution is 9.18. The van der Waals surface area contributed by atoms with Crippen molar-refractivity contribution in [2.45, 2.75) is 0 Å². The molecule has 1 aromatic heterocycles. The van der Waals surface area contributed by atoms with Gasteiger partial charge in [0, 0.05) is 6.20 Å². The zero-order chi connectivity index (χ0) is 7.56. The van der Waals surface area contributed by atoms with E-state index in [1.807, 2.05) is 0 Å². The van der Waals surface area contributed by atoms with Crippen LogP contribution in [0, 0.1) is 0 Å². The van der Waals surface area contributed by atoms with Gasteiger partial charge < -0.3 is 0 Å². The molecule has 0 fully saturated rings. The number of nitrogens with zero attached hydrogens (tertiary/aromatic N) is 1.